The fourth-order valence-corrected chi connectivity index (χ4v) is 1.30. The van der Waals surface area contributed by atoms with Crippen LogP contribution in [-0.2, 0) is 0 Å². The molecule has 0 spiro atoms. The van der Waals surface area contributed by atoms with Crippen LogP contribution in [0.1, 0.15) is 12.8 Å². The molecule has 0 bridgehead atoms. The van der Waals surface area contributed by atoms with Crippen LogP contribution in [0.3, 0.4) is 0 Å². The van der Waals surface area contributed by atoms with E-state index in [-0.39, 0.29) is 0 Å². The number of anilines is 1. The Kier molecular flexibility index (Phi) is 4.33. The molecule has 0 saturated carbocycles. The molecule has 1 aromatic rings. The molecule has 0 radical (unpaired) electrons. The minimum absolute atomic E-state index is 0.794. The summed E-state index contributed by atoms with van der Waals surface area (Å²) in [6.07, 6.45) is 2.28. The van der Waals surface area contributed by atoms with Gasteiger partial charge in [-0.05, 0) is 31.5 Å². The summed E-state index contributed by atoms with van der Waals surface area (Å²) in [6.45, 7) is 1.88. The summed E-state index contributed by atoms with van der Waals surface area (Å²) in [5, 5.41) is 0. The van der Waals surface area contributed by atoms with Crippen molar-refractivity contribution < 1.29 is 0 Å². The predicted molar refractivity (Wildman–Crippen MR) is 58.0 cm³/mol. The van der Waals surface area contributed by atoms with E-state index in [0.29, 0.717) is 0 Å². The molecule has 0 aliphatic carbocycles. The van der Waals surface area contributed by atoms with Gasteiger partial charge in [-0.2, -0.15) is 0 Å². The van der Waals surface area contributed by atoms with E-state index < -0.39 is 0 Å². The number of hydrogen-bond donors (Lipinski definition) is 1. The van der Waals surface area contributed by atoms with Crippen molar-refractivity contribution in [2.45, 2.75) is 12.8 Å². The molecule has 1 aromatic carbocycles. The van der Waals surface area contributed by atoms with Crippen molar-refractivity contribution in [3.05, 3.63) is 30.3 Å². The normalized spacial score (nSPS) is 10.0. The molecule has 2 N–H and O–H groups in total. The van der Waals surface area contributed by atoms with Crippen LogP contribution in [0.5, 0.6) is 0 Å². The molecule has 0 fully saturated rings. The average molecular weight is 178 g/mol. The summed E-state index contributed by atoms with van der Waals surface area (Å²) in [5.41, 5.74) is 6.71. The van der Waals surface area contributed by atoms with Gasteiger partial charge in [0.1, 0.15) is 0 Å². The highest BCUT2D eigenvalue weighted by molar-refractivity contribution is 5.44. The molecule has 0 unspecified atom stereocenters. The van der Waals surface area contributed by atoms with E-state index in [1.165, 1.54) is 12.1 Å². The summed E-state index contributed by atoms with van der Waals surface area (Å²) >= 11 is 0. The van der Waals surface area contributed by atoms with Gasteiger partial charge >= 0.3 is 0 Å². The van der Waals surface area contributed by atoms with E-state index in [0.717, 1.165) is 19.5 Å². The molecule has 2 nitrogen and oxygen atoms in total. The molecule has 0 aliphatic rings. The Morgan fingerprint density at radius 3 is 2.46 bits per heavy atom. The first-order valence-electron chi connectivity index (χ1n) is 4.81. The Hall–Kier alpha value is -1.02. The van der Waals surface area contributed by atoms with Crippen LogP contribution in [0, 0.1) is 0 Å². The van der Waals surface area contributed by atoms with Crippen molar-refractivity contribution >= 4 is 5.69 Å². The Bertz CT molecular complexity index is 221. The number of unbranched alkanes of at least 4 members (excludes halogenated alkanes) is 1. The Morgan fingerprint density at radius 2 is 1.85 bits per heavy atom. The Morgan fingerprint density at radius 1 is 1.15 bits per heavy atom. The number of rotatable bonds is 5. The van der Waals surface area contributed by atoms with Gasteiger partial charge in [-0.15, -0.1) is 0 Å². The standard InChI is InChI=1S/C11H18N2/c1-13(10-6-5-9-12)11-7-3-2-4-8-11/h2-4,7-8H,5-6,9-10,12H2,1H3. The minimum Gasteiger partial charge on any atom is -0.375 e. The van der Waals surface area contributed by atoms with Gasteiger partial charge in [0.2, 0.25) is 0 Å². The van der Waals surface area contributed by atoms with Gasteiger partial charge in [-0.3, -0.25) is 0 Å². The zero-order valence-corrected chi connectivity index (χ0v) is 8.24. The second-order valence-electron chi connectivity index (χ2n) is 3.25. The van der Waals surface area contributed by atoms with Gasteiger partial charge in [-0.1, -0.05) is 18.2 Å². The molecule has 72 valence electrons. The first kappa shape index (κ1) is 10.1. The summed E-state index contributed by atoms with van der Waals surface area (Å²) < 4.78 is 0. The summed E-state index contributed by atoms with van der Waals surface area (Å²) in [6, 6.07) is 10.4. The van der Waals surface area contributed by atoms with Gasteiger partial charge in [0.25, 0.3) is 0 Å². The van der Waals surface area contributed by atoms with Gasteiger partial charge in [-0.25, -0.2) is 0 Å². The molecule has 13 heavy (non-hydrogen) atoms. The van der Waals surface area contributed by atoms with E-state index in [1.807, 2.05) is 6.07 Å². The molecule has 2 heteroatoms. The van der Waals surface area contributed by atoms with Crippen molar-refractivity contribution in [1.82, 2.24) is 0 Å². The average Bonchev–Trinajstić information content (AvgIpc) is 2.19. The molecule has 0 atom stereocenters. The quantitative estimate of drug-likeness (QED) is 0.697. The van der Waals surface area contributed by atoms with Crippen molar-refractivity contribution in [2.75, 3.05) is 25.0 Å². The third kappa shape index (κ3) is 3.47. The van der Waals surface area contributed by atoms with Gasteiger partial charge in [0.15, 0.2) is 0 Å². The second kappa shape index (κ2) is 5.60. The maximum absolute atomic E-state index is 5.43. The van der Waals surface area contributed by atoms with E-state index in [9.17, 15) is 0 Å². The molecule has 0 aliphatic heterocycles. The maximum atomic E-state index is 5.43. The fourth-order valence-electron chi connectivity index (χ4n) is 1.30. The number of para-hydroxylation sites is 1. The van der Waals surface area contributed by atoms with Gasteiger partial charge in [0, 0.05) is 19.3 Å². The number of nitrogens with zero attached hydrogens (tertiary/aromatic N) is 1. The first-order chi connectivity index (χ1) is 6.34. The predicted octanol–water partition coefficient (Wildman–Crippen LogP) is 1.86. The number of nitrogens with two attached hydrogens (primary N) is 1. The lowest BCUT2D eigenvalue weighted by Gasteiger charge is -2.18. The van der Waals surface area contributed by atoms with Crippen LogP contribution in [0.25, 0.3) is 0 Å². The van der Waals surface area contributed by atoms with Crippen LogP contribution < -0.4 is 10.6 Å². The molecule has 0 amide bonds. The van der Waals surface area contributed by atoms with E-state index in [4.69, 9.17) is 5.73 Å². The highest BCUT2D eigenvalue weighted by Gasteiger charge is 1.97. The largest absolute Gasteiger partial charge is 0.375 e. The lowest BCUT2D eigenvalue weighted by molar-refractivity contribution is 0.728. The fraction of sp³-hybridized carbons (Fsp3) is 0.455. The molecular weight excluding hydrogens is 160 g/mol. The van der Waals surface area contributed by atoms with Crippen molar-refractivity contribution in [1.29, 1.82) is 0 Å². The molecular formula is C11H18N2. The highest BCUT2D eigenvalue weighted by atomic mass is 15.1. The summed E-state index contributed by atoms with van der Waals surface area (Å²) in [5.74, 6) is 0. The minimum atomic E-state index is 0.794. The third-order valence-corrected chi connectivity index (χ3v) is 2.14. The van der Waals surface area contributed by atoms with Crippen LogP contribution in [-0.4, -0.2) is 20.1 Å². The lowest BCUT2D eigenvalue weighted by Crippen LogP contribution is -2.19. The third-order valence-electron chi connectivity index (χ3n) is 2.14. The molecule has 0 aromatic heterocycles. The first-order valence-corrected chi connectivity index (χ1v) is 4.81. The SMILES string of the molecule is CN(CCCCN)c1ccccc1. The van der Waals surface area contributed by atoms with E-state index in [2.05, 4.69) is 36.2 Å². The summed E-state index contributed by atoms with van der Waals surface area (Å²) in [7, 11) is 2.12. The molecule has 0 heterocycles. The molecule has 0 saturated heterocycles. The number of hydrogen-bond acceptors (Lipinski definition) is 2. The van der Waals surface area contributed by atoms with Gasteiger partial charge in [0.05, 0.1) is 0 Å². The molecule has 1 rings (SSSR count). The van der Waals surface area contributed by atoms with Crippen molar-refractivity contribution in [3.8, 4) is 0 Å². The van der Waals surface area contributed by atoms with Crippen LogP contribution in [0.2, 0.25) is 0 Å². The Labute approximate surface area is 80.4 Å². The topological polar surface area (TPSA) is 29.3 Å². The van der Waals surface area contributed by atoms with Crippen LogP contribution in [0.4, 0.5) is 5.69 Å². The van der Waals surface area contributed by atoms with E-state index in [1.54, 1.807) is 0 Å². The van der Waals surface area contributed by atoms with Crippen molar-refractivity contribution in [3.63, 3.8) is 0 Å². The van der Waals surface area contributed by atoms with Crippen LogP contribution >= 0.6 is 0 Å². The Balaban J connectivity index is 2.35. The second-order valence-corrected chi connectivity index (χ2v) is 3.25. The highest BCUT2D eigenvalue weighted by Crippen LogP contribution is 2.11. The lowest BCUT2D eigenvalue weighted by atomic mass is 10.2. The van der Waals surface area contributed by atoms with Crippen LogP contribution in [0.15, 0.2) is 30.3 Å². The van der Waals surface area contributed by atoms with Crippen molar-refractivity contribution in [2.24, 2.45) is 5.73 Å². The van der Waals surface area contributed by atoms with Gasteiger partial charge < -0.3 is 10.6 Å². The van der Waals surface area contributed by atoms with E-state index >= 15 is 0 Å². The smallest absolute Gasteiger partial charge is 0.0363 e. The maximum Gasteiger partial charge on any atom is 0.0363 e. The summed E-state index contributed by atoms with van der Waals surface area (Å²) in [4.78, 5) is 2.26. The number of benzene rings is 1. The zero-order valence-electron chi connectivity index (χ0n) is 8.24. The zero-order chi connectivity index (χ0) is 9.52. The monoisotopic (exact) mass is 178 g/mol.